The third-order valence-electron chi connectivity index (χ3n) is 2.98. The Kier molecular flexibility index (Phi) is 3.78. The van der Waals surface area contributed by atoms with E-state index in [0.717, 1.165) is 12.2 Å². The van der Waals surface area contributed by atoms with Gasteiger partial charge in [-0.3, -0.25) is 9.69 Å². The first-order valence-electron chi connectivity index (χ1n) is 6.05. The number of carbonyl (C=O) groups is 1. The number of esters is 1. The lowest BCUT2D eigenvalue weighted by atomic mass is 10.3. The summed E-state index contributed by atoms with van der Waals surface area (Å²) in [5.41, 5.74) is 1.13. The van der Waals surface area contributed by atoms with E-state index >= 15 is 0 Å². The number of aryl methyl sites for hydroxylation is 1. The summed E-state index contributed by atoms with van der Waals surface area (Å²) >= 11 is 0. The molecule has 0 saturated heterocycles. The predicted octanol–water partition coefficient (Wildman–Crippen LogP) is 0.948. The fourth-order valence-corrected chi connectivity index (χ4v) is 1.87. The lowest BCUT2D eigenvalue weighted by Gasteiger charge is -2.20. The van der Waals surface area contributed by atoms with Gasteiger partial charge in [0, 0.05) is 25.8 Å². The van der Waals surface area contributed by atoms with Gasteiger partial charge in [0.2, 0.25) is 0 Å². The maximum absolute atomic E-state index is 11.5. The minimum absolute atomic E-state index is 0.137. The van der Waals surface area contributed by atoms with E-state index in [9.17, 15) is 4.79 Å². The zero-order chi connectivity index (χ0) is 12.3. The molecule has 1 heterocycles. The van der Waals surface area contributed by atoms with Crippen molar-refractivity contribution in [3.63, 3.8) is 0 Å². The molecule has 1 aromatic heterocycles. The van der Waals surface area contributed by atoms with Gasteiger partial charge in [-0.25, -0.2) is 4.98 Å². The normalized spacial score (nSPS) is 15.2. The number of carbonyl (C=O) groups excluding carboxylic acids is 1. The minimum Gasteiger partial charge on any atom is -0.465 e. The van der Waals surface area contributed by atoms with Crippen molar-refractivity contribution in [2.24, 2.45) is 7.05 Å². The van der Waals surface area contributed by atoms with Gasteiger partial charge in [0.1, 0.15) is 0 Å². The summed E-state index contributed by atoms with van der Waals surface area (Å²) in [7, 11) is 1.97. The molecule has 0 atom stereocenters. The van der Waals surface area contributed by atoms with Crippen LogP contribution in [-0.2, 0) is 23.1 Å². The molecule has 5 heteroatoms. The SMILES string of the molecule is CCOC(=O)CN(Cc1cncn1C)C1CC1. The molecule has 1 aliphatic rings. The maximum Gasteiger partial charge on any atom is 0.320 e. The van der Waals surface area contributed by atoms with Gasteiger partial charge in [-0.2, -0.15) is 0 Å². The molecule has 94 valence electrons. The van der Waals surface area contributed by atoms with Crippen molar-refractivity contribution in [3.8, 4) is 0 Å². The Morgan fingerprint density at radius 2 is 2.41 bits per heavy atom. The highest BCUT2D eigenvalue weighted by Crippen LogP contribution is 2.27. The molecule has 0 N–H and O–H groups in total. The van der Waals surface area contributed by atoms with Crippen molar-refractivity contribution in [2.45, 2.75) is 32.4 Å². The molecule has 0 aliphatic heterocycles. The van der Waals surface area contributed by atoms with Gasteiger partial charge in [0.25, 0.3) is 0 Å². The molecule has 0 unspecified atom stereocenters. The van der Waals surface area contributed by atoms with Gasteiger partial charge in [-0.1, -0.05) is 0 Å². The summed E-state index contributed by atoms with van der Waals surface area (Å²) in [6.07, 6.45) is 5.99. The van der Waals surface area contributed by atoms with Crippen molar-refractivity contribution >= 4 is 5.97 Å². The van der Waals surface area contributed by atoms with E-state index in [4.69, 9.17) is 4.74 Å². The van der Waals surface area contributed by atoms with Gasteiger partial charge in [0.15, 0.2) is 0 Å². The maximum atomic E-state index is 11.5. The lowest BCUT2D eigenvalue weighted by Crippen LogP contribution is -2.33. The number of imidazole rings is 1. The molecule has 0 amide bonds. The molecule has 1 aromatic rings. The Hall–Kier alpha value is -1.36. The average Bonchev–Trinajstić information content (AvgIpc) is 3.05. The number of hydrogen-bond donors (Lipinski definition) is 0. The third-order valence-corrected chi connectivity index (χ3v) is 2.98. The van der Waals surface area contributed by atoms with E-state index in [1.807, 2.05) is 24.7 Å². The highest BCUT2D eigenvalue weighted by atomic mass is 16.5. The molecule has 0 spiro atoms. The van der Waals surface area contributed by atoms with Gasteiger partial charge < -0.3 is 9.30 Å². The molecule has 2 rings (SSSR count). The summed E-state index contributed by atoms with van der Waals surface area (Å²) in [6, 6.07) is 0.536. The Balaban J connectivity index is 1.93. The fraction of sp³-hybridized carbons (Fsp3) is 0.667. The van der Waals surface area contributed by atoms with Crippen molar-refractivity contribution in [1.82, 2.24) is 14.5 Å². The standard InChI is InChI=1S/C12H19N3O2/c1-3-17-12(16)8-15(10-4-5-10)7-11-6-13-9-14(11)2/h6,9-10H,3-5,7-8H2,1-2H3. The topological polar surface area (TPSA) is 47.4 Å². The van der Waals surface area contributed by atoms with E-state index < -0.39 is 0 Å². The van der Waals surface area contributed by atoms with Gasteiger partial charge in [-0.05, 0) is 19.8 Å². The van der Waals surface area contributed by atoms with Gasteiger partial charge >= 0.3 is 5.97 Å². The zero-order valence-corrected chi connectivity index (χ0v) is 10.4. The van der Waals surface area contributed by atoms with Crippen LogP contribution < -0.4 is 0 Å². The second-order valence-electron chi connectivity index (χ2n) is 4.44. The Bertz CT molecular complexity index is 385. The van der Waals surface area contributed by atoms with Gasteiger partial charge in [-0.15, -0.1) is 0 Å². The van der Waals surface area contributed by atoms with Crippen LogP contribution in [0.15, 0.2) is 12.5 Å². The molecule has 5 nitrogen and oxygen atoms in total. The molecular formula is C12H19N3O2. The highest BCUT2D eigenvalue weighted by molar-refractivity contribution is 5.71. The summed E-state index contributed by atoms with van der Waals surface area (Å²) in [4.78, 5) is 17.8. The van der Waals surface area contributed by atoms with Crippen LogP contribution in [-0.4, -0.2) is 39.6 Å². The Morgan fingerprint density at radius 3 is 2.94 bits per heavy atom. The highest BCUT2D eigenvalue weighted by Gasteiger charge is 2.31. The van der Waals surface area contributed by atoms with Crippen LogP contribution in [0.2, 0.25) is 0 Å². The average molecular weight is 237 g/mol. The largest absolute Gasteiger partial charge is 0.465 e. The fourth-order valence-electron chi connectivity index (χ4n) is 1.87. The molecule has 0 aromatic carbocycles. The molecule has 17 heavy (non-hydrogen) atoms. The van der Waals surface area contributed by atoms with Crippen molar-refractivity contribution in [1.29, 1.82) is 0 Å². The molecule has 1 saturated carbocycles. The van der Waals surface area contributed by atoms with Crippen LogP contribution in [0, 0.1) is 0 Å². The second-order valence-corrected chi connectivity index (χ2v) is 4.44. The molecule has 1 aliphatic carbocycles. The first-order valence-corrected chi connectivity index (χ1v) is 6.05. The molecule has 0 bridgehead atoms. The summed E-state index contributed by atoms with van der Waals surface area (Å²) in [6.45, 7) is 3.42. The summed E-state index contributed by atoms with van der Waals surface area (Å²) in [5.74, 6) is -0.137. The van der Waals surface area contributed by atoms with E-state index in [-0.39, 0.29) is 5.97 Å². The van der Waals surface area contributed by atoms with Crippen LogP contribution in [0.4, 0.5) is 0 Å². The van der Waals surface area contributed by atoms with Crippen molar-refractivity contribution in [2.75, 3.05) is 13.2 Å². The van der Waals surface area contributed by atoms with E-state index in [1.165, 1.54) is 12.8 Å². The van der Waals surface area contributed by atoms with Crippen molar-refractivity contribution < 1.29 is 9.53 Å². The Morgan fingerprint density at radius 1 is 1.65 bits per heavy atom. The quantitative estimate of drug-likeness (QED) is 0.691. The smallest absolute Gasteiger partial charge is 0.320 e. The number of rotatable bonds is 6. The number of nitrogens with zero attached hydrogens (tertiary/aromatic N) is 3. The molecular weight excluding hydrogens is 218 g/mol. The minimum atomic E-state index is -0.137. The van der Waals surface area contributed by atoms with Crippen LogP contribution >= 0.6 is 0 Å². The second kappa shape index (κ2) is 5.31. The lowest BCUT2D eigenvalue weighted by molar-refractivity contribution is -0.144. The third kappa shape index (κ3) is 3.30. The number of hydrogen-bond acceptors (Lipinski definition) is 4. The molecule has 1 fully saturated rings. The Labute approximate surface area is 101 Å². The van der Waals surface area contributed by atoms with Crippen LogP contribution in [0.5, 0.6) is 0 Å². The monoisotopic (exact) mass is 237 g/mol. The first-order chi connectivity index (χ1) is 8.20. The number of ether oxygens (including phenoxy) is 1. The summed E-state index contributed by atoms with van der Waals surface area (Å²) in [5, 5.41) is 0. The van der Waals surface area contributed by atoms with E-state index in [0.29, 0.717) is 19.2 Å². The van der Waals surface area contributed by atoms with Crippen LogP contribution in [0.1, 0.15) is 25.5 Å². The first kappa shape index (κ1) is 12.1. The van der Waals surface area contributed by atoms with E-state index in [2.05, 4.69) is 9.88 Å². The van der Waals surface area contributed by atoms with Crippen LogP contribution in [0.3, 0.4) is 0 Å². The molecule has 0 radical (unpaired) electrons. The summed E-state index contributed by atoms with van der Waals surface area (Å²) < 4.78 is 6.98. The van der Waals surface area contributed by atoms with Crippen molar-refractivity contribution in [3.05, 3.63) is 18.2 Å². The van der Waals surface area contributed by atoms with E-state index in [1.54, 1.807) is 6.33 Å². The van der Waals surface area contributed by atoms with Crippen LogP contribution in [0.25, 0.3) is 0 Å². The van der Waals surface area contributed by atoms with Gasteiger partial charge in [0.05, 0.1) is 25.2 Å². The zero-order valence-electron chi connectivity index (χ0n) is 10.4. The number of aromatic nitrogens is 2. The predicted molar refractivity (Wildman–Crippen MR) is 63.3 cm³/mol.